The lowest BCUT2D eigenvalue weighted by atomic mass is 10.1. The number of rotatable bonds is 7. The summed E-state index contributed by atoms with van der Waals surface area (Å²) in [5.41, 5.74) is 6.34. The van der Waals surface area contributed by atoms with Crippen LogP contribution in [0, 0.1) is 0 Å². The molecule has 6 heteroatoms. The van der Waals surface area contributed by atoms with Gasteiger partial charge in [-0.05, 0) is 31.5 Å². The Balaban J connectivity index is 2.95. The van der Waals surface area contributed by atoms with Crippen LogP contribution in [0.2, 0.25) is 0 Å². The van der Waals surface area contributed by atoms with E-state index in [0.717, 1.165) is 5.56 Å². The SMILES string of the molecule is CCOc1c(OC)cc(CNC(=O)[C@@H](C)N)cc1OC. The fourth-order valence-corrected chi connectivity index (χ4v) is 1.67. The molecule has 1 aromatic rings. The molecule has 0 unspecified atom stereocenters. The first kappa shape index (κ1) is 16.1. The van der Waals surface area contributed by atoms with Gasteiger partial charge in [-0.25, -0.2) is 0 Å². The molecular weight excluding hydrogens is 260 g/mol. The summed E-state index contributed by atoms with van der Waals surface area (Å²) in [6.45, 7) is 4.37. The summed E-state index contributed by atoms with van der Waals surface area (Å²) in [4.78, 5) is 11.5. The highest BCUT2D eigenvalue weighted by molar-refractivity contribution is 5.80. The van der Waals surface area contributed by atoms with Gasteiger partial charge < -0.3 is 25.3 Å². The lowest BCUT2D eigenvalue weighted by Gasteiger charge is -2.16. The van der Waals surface area contributed by atoms with E-state index in [1.165, 1.54) is 0 Å². The third-order valence-corrected chi connectivity index (χ3v) is 2.69. The third kappa shape index (κ3) is 4.03. The quantitative estimate of drug-likeness (QED) is 0.781. The molecule has 1 aromatic carbocycles. The highest BCUT2D eigenvalue weighted by Gasteiger charge is 2.14. The second-order valence-corrected chi connectivity index (χ2v) is 4.27. The molecule has 3 N–H and O–H groups in total. The molecule has 0 aliphatic heterocycles. The predicted octanol–water partition coefficient (Wildman–Crippen LogP) is 1.07. The highest BCUT2D eigenvalue weighted by Crippen LogP contribution is 2.38. The van der Waals surface area contributed by atoms with Crippen molar-refractivity contribution in [3.05, 3.63) is 17.7 Å². The zero-order chi connectivity index (χ0) is 15.1. The van der Waals surface area contributed by atoms with Crippen molar-refractivity contribution < 1.29 is 19.0 Å². The minimum Gasteiger partial charge on any atom is -0.493 e. The first-order valence-corrected chi connectivity index (χ1v) is 6.44. The molecule has 0 radical (unpaired) electrons. The number of methoxy groups -OCH3 is 2. The molecule has 6 nitrogen and oxygen atoms in total. The number of hydrogen-bond donors (Lipinski definition) is 2. The topological polar surface area (TPSA) is 82.8 Å². The van der Waals surface area contributed by atoms with Crippen LogP contribution in [-0.2, 0) is 11.3 Å². The lowest BCUT2D eigenvalue weighted by molar-refractivity contribution is -0.122. The van der Waals surface area contributed by atoms with Gasteiger partial charge in [0.25, 0.3) is 0 Å². The minimum atomic E-state index is -0.540. The Hall–Kier alpha value is -1.95. The number of amides is 1. The van der Waals surface area contributed by atoms with Crippen molar-refractivity contribution in [3.8, 4) is 17.2 Å². The van der Waals surface area contributed by atoms with Crippen LogP contribution in [0.1, 0.15) is 19.4 Å². The van der Waals surface area contributed by atoms with Gasteiger partial charge in [0, 0.05) is 6.54 Å². The zero-order valence-corrected chi connectivity index (χ0v) is 12.4. The zero-order valence-electron chi connectivity index (χ0n) is 12.4. The Morgan fingerprint density at radius 1 is 1.30 bits per heavy atom. The van der Waals surface area contributed by atoms with Gasteiger partial charge in [0.15, 0.2) is 11.5 Å². The summed E-state index contributed by atoms with van der Waals surface area (Å²) in [6.07, 6.45) is 0. The molecule has 0 fully saturated rings. The van der Waals surface area contributed by atoms with E-state index < -0.39 is 6.04 Å². The Bertz CT molecular complexity index is 435. The van der Waals surface area contributed by atoms with E-state index in [-0.39, 0.29) is 5.91 Å². The van der Waals surface area contributed by atoms with Gasteiger partial charge >= 0.3 is 0 Å². The van der Waals surface area contributed by atoms with Crippen LogP contribution >= 0.6 is 0 Å². The monoisotopic (exact) mass is 282 g/mol. The van der Waals surface area contributed by atoms with Gasteiger partial charge in [-0.1, -0.05) is 0 Å². The van der Waals surface area contributed by atoms with E-state index in [1.54, 1.807) is 33.3 Å². The van der Waals surface area contributed by atoms with Crippen molar-refractivity contribution in [1.82, 2.24) is 5.32 Å². The molecule has 1 atom stereocenters. The molecule has 0 bridgehead atoms. The van der Waals surface area contributed by atoms with Crippen molar-refractivity contribution >= 4 is 5.91 Å². The van der Waals surface area contributed by atoms with E-state index in [4.69, 9.17) is 19.9 Å². The predicted molar refractivity (Wildman–Crippen MR) is 76.2 cm³/mol. The number of nitrogens with one attached hydrogen (secondary N) is 1. The number of carbonyl (C=O) groups excluding carboxylic acids is 1. The van der Waals surface area contributed by atoms with E-state index in [9.17, 15) is 4.79 Å². The number of ether oxygens (including phenoxy) is 3. The maximum atomic E-state index is 11.5. The summed E-state index contributed by atoms with van der Waals surface area (Å²) in [5, 5.41) is 2.74. The van der Waals surface area contributed by atoms with Crippen LogP contribution in [0.15, 0.2) is 12.1 Å². The van der Waals surface area contributed by atoms with Crippen LogP contribution in [0.3, 0.4) is 0 Å². The van der Waals surface area contributed by atoms with Gasteiger partial charge in [0.1, 0.15) is 0 Å². The van der Waals surface area contributed by atoms with Gasteiger partial charge in [0.2, 0.25) is 11.7 Å². The number of hydrogen-bond acceptors (Lipinski definition) is 5. The summed E-state index contributed by atoms with van der Waals surface area (Å²) in [5.74, 6) is 1.48. The minimum absolute atomic E-state index is 0.211. The van der Waals surface area contributed by atoms with Crippen molar-refractivity contribution in [2.45, 2.75) is 26.4 Å². The third-order valence-electron chi connectivity index (χ3n) is 2.69. The number of benzene rings is 1. The molecule has 0 aliphatic rings. The normalized spacial score (nSPS) is 11.7. The fraction of sp³-hybridized carbons (Fsp3) is 0.500. The largest absolute Gasteiger partial charge is 0.493 e. The van der Waals surface area contributed by atoms with Crippen LogP contribution in [0.4, 0.5) is 0 Å². The van der Waals surface area contributed by atoms with Crippen molar-refractivity contribution in [3.63, 3.8) is 0 Å². The first-order chi connectivity index (χ1) is 9.53. The molecule has 0 aromatic heterocycles. The van der Waals surface area contributed by atoms with E-state index in [2.05, 4.69) is 5.32 Å². The molecule has 0 spiro atoms. The first-order valence-electron chi connectivity index (χ1n) is 6.44. The van der Waals surface area contributed by atoms with Gasteiger partial charge in [-0.2, -0.15) is 0 Å². The van der Waals surface area contributed by atoms with Gasteiger partial charge in [-0.15, -0.1) is 0 Å². The number of carbonyl (C=O) groups is 1. The van der Waals surface area contributed by atoms with E-state index in [0.29, 0.717) is 30.4 Å². The van der Waals surface area contributed by atoms with Crippen molar-refractivity contribution in [1.29, 1.82) is 0 Å². The lowest BCUT2D eigenvalue weighted by Crippen LogP contribution is -2.37. The van der Waals surface area contributed by atoms with Gasteiger partial charge in [0.05, 0.1) is 26.9 Å². The standard InChI is InChI=1S/C14H22N2O4/c1-5-20-13-11(18-3)6-10(7-12(13)19-4)8-16-14(17)9(2)15/h6-7,9H,5,8,15H2,1-4H3,(H,16,17)/t9-/m1/s1. The van der Waals surface area contributed by atoms with Crippen LogP contribution in [0.5, 0.6) is 17.2 Å². The summed E-state index contributed by atoms with van der Waals surface area (Å²) < 4.78 is 16.1. The summed E-state index contributed by atoms with van der Waals surface area (Å²) in [7, 11) is 3.11. The van der Waals surface area contributed by atoms with Crippen LogP contribution in [0.25, 0.3) is 0 Å². The average Bonchev–Trinajstić information content (AvgIpc) is 2.45. The summed E-state index contributed by atoms with van der Waals surface area (Å²) >= 11 is 0. The smallest absolute Gasteiger partial charge is 0.236 e. The van der Waals surface area contributed by atoms with Gasteiger partial charge in [-0.3, -0.25) is 4.79 Å². The summed E-state index contributed by atoms with van der Waals surface area (Å²) in [6, 6.07) is 3.06. The van der Waals surface area contributed by atoms with E-state index >= 15 is 0 Å². The molecule has 0 saturated heterocycles. The second kappa shape index (κ2) is 7.59. The maximum absolute atomic E-state index is 11.5. The van der Waals surface area contributed by atoms with Crippen LogP contribution < -0.4 is 25.3 Å². The highest BCUT2D eigenvalue weighted by atomic mass is 16.5. The van der Waals surface area contributed by atoms with E-state index in [1.807, 2.05) is 6.92 Å². The molecule has 112 valence electrons. The Morgan fingerprint density at radius 2 is 1.85 bits per heavy atom. The molecule has 0 saturated carbocycles. The Kier molecular flexibility index (Phi) is 6.11. The second-order valence-electron chi connectivity index (χ2n) is 4.27. The molecule has 20 heavy (non-hydrogen) atoms. The Morgan fingerprint density at radius 3 is 2.25 bits per heavy atom. The van der Waals surface area contributed by atoms with Crippen molar-refractivity contribution in [2.24, 2.45) is 5.73 Å². The average molecular weight is 282 g/mol. The molecule has 0 aliphatic carbocycles. The van der Waals surface area contributed by atoms with Crippen LogP contribution in [-0.4, -0.2) is 32.8 Å². The maximum Gasteiger partial charge on any atom is 0.236 e. The fourth-order valence-electron chi connectivity index (χ4n) is 1.67. The molecule has 0 heterocycles. The van der Waals surface area contributed by atoms with Crippen molar-refractivity contribution in [2.75, 3.05) is 20.8 Å². The Labute approximate surface area is 119 Å². The number of nitrogens with two attached hydrogens (primary N) is 1. The molecule has 1 rings (SSSR count). The molecule has 1 amide bonds. The molecular formula is C14H22N2O4.